The Morgan fingerprint density at radius 2 is 1.92 bits per heavy atom. The smallest absolute Gasteiger partial charge is 0.345 e. The highest BCUT2D eigenvalue weighted by Gasteiger charge is 2.28. The van der Waals surface area contributed by atoms with Crippen molar-refractivity contribution in [3.8, 4) is 11.5 Å². The largest absolute Gasteiger partial charge is 0.457 e. The Hall–Kier alpha value is -2.51. The highest BCUT2D eigenvalue weighted by Crippen LogP contribution is 2.38. The second kappa shape index (κ2) is 6.54. The van der Waals surface area contributed by atoms with Crippen molar-refractivity contribution >= 4 is 34.9 Å². The molecule has 0 aromatic heterocycles. The van der Waals surface area contributed by atoms with Crippen LogP contribution in [0.25, 0.3) is 0 Å². The number of rotatable bonds is 4. The molecule has 0 radical (unpaired) electrons. The van der Waals surface area contributed by atoms with Gasteiger partial charge in [-0.2, -0.15) is 0 Å². The lowest BCUT2D eigenvalue weighted by Gasteiger charge is -2.08. The van der Waals surface area contributed by atoms with Gasteiger partial charge in [0.2, 0.25) is 6.79 Å². The zero-order chi connectivity index (χ0) is 17.3. The number of hydrogen-bond acceptors (Lipinski definition) is 6. The van der Waals surface area contributed by atoms with Crippen LogP contribution in [0.4, 0.5) is 5.69 Å². The molecule has 0 saturated carbocycles. The molecule has 0 fully saturated rings. The fraction of sp³-hybridized carbons (Fsp3) is 0.133. The lowest BCUT2D eigenvalue weighted by molar-refractivity contribution is -0.385. The molecule has 0 spiro atoms. The second-order valence-corrected chi connectivity index (χ2v) is 5.64. The zero-order valence-corrected chi connectivity index (χ0v) is 13.5. The van der Waals surface area contributed by atoms with Crippen molar-refractivity contribution < 1.29 is 23.9 Å². The van der Waals surface area contributed by atoms with Gasteiger partial charge in [0.05, 0.1) is 11.0 Å². The van der Waals surface area contributed by atoms with Gasteiger partial charge in [-0.3, -0.25) is 10.1 Å². The van der Waals surface area contributed by atoms with E-state index in [4.69, 9.17) is 37.4 Å². The first kappa shape index (κ1) is 16.4. The van der Waals surface area contributed by atoms with Crippen molar-refractivity contribution in [3.63, 3.8) is 0 Å². The molecule has 0 saturated heterocycles. The molecule has 0 atom stereocenters. The number of fused-ring (bicyclic) bond motifs is 1. The SMILES string of the molecule is O=C(OCc1ccc(Cl)cc1Cl)c1cc2c(cc1[N+](=O)[O-])OCO2. The summed E-state index contributed by atoms with van der Waals surface area (Å²) in [5.41, 5.74) is -0.126. The summed E-state index contributed by atoms with van der Waals surface area (Å²) in [6.07, 6.45) is 0. The molecule has 0 amide bonds. The Morgan fingerprint density at radius 1 is 1.21 bits per heavy atom. The van der Waals surface area contributed by atoms with Crippen LogP contribution in [-0.4, -0.2) is 17.7 Å². The number of hydrogen-bond donors (Lipinski definition) is 0. The highest BCUT2D eigenvalue weighted by molar-refractivity contribution is 6.35. The molecular weight excluding hydrogens is 361 g/mol. The van der Waals surface area contributed by atoms with Crippen LogP contribution in [0.3, 0.4) is 0 Å². The molecule has 2 aromatic rings. The number of ether oxygens (including phenoxy) is 3. The van der Waals surface area contributed by atoms with Crippen molar-refractivity contribution in [1.82, 2.24) is 0 Å². The van der Waals surface area contributed by atoms with Gasteiger partial charge in [-0.15, -0.1) is 0 Å². The average Bonchev–Trinajstić information content (AvgIpc) is 2.99. The molecule has 1 heterocycles. The Bertz CT molecular complexity index is 839. The molecule has 7 nitrogen and oxygen atoms in total. The summed E-state index contributed by atoms with van der Waals surface area (Å²) in [6, 6.07) is 7.07. The van der Waals surface area contributed by atoms with Gasteiger partial charge in [-0.25, -0.2) is 4.79 Å². The zero-order valence-electron chi connectivity index (χ0n) is 12.0. The number of nitro groups is 1. The highest BCUT2D eigenvalue weighted by atomic mass is 35.5. The summed E-state index contributed by atoms with van der Waals surface area (Å²) in [7, 11) is 0. The predicted molar refractivity (Wildman–Crippen MR) is 84.8 cm³/mol. The van der Waals surface area contributed by atoms with Crippen LogP contribution in [0.15, 0.2) is 30.3 Å². The number of esters is 1. The number of carbonyl (C=O) groups is 1. The standard InChI is InChI=1S/C15H9Cl2NO6/c16-9-2-1-8(11(17)3-9)6-22-15(19)10-4-13-14(24-7-23-13)5-12(10)18(20)21/h1-5H,6-7H2. The van der Waals surface area contributed by atoms with Crippen LogP contribution in [0, 0.1) is 10.1 Å². The van der Waals surface area contributed by atoms with E-state index >= 15 is 0 Å². The number of carbonyl (C=O) groups excluding carboxylic acids is 1. The van der Waals surface area contributed by atoms with Gasteiger partial charge in [0.15, 0.2) is 11.5 Å². The molecule has 0 unspecified atom stereocenters. The van der Waals surface area contributed by atoms with Gasteiger partial charge >= 0.3 is 5.97 Å². The van der Waals surface area contributed by atoms with Gasteiger partial charge in [0.25, 0.3) is 5.69 Å². The molecule has 1 aliphatic rings. The van der Waals surface area contributed by atoms with Gasteiger partial charge in [-0.05, 0) is 12.1 Å². The fourth-order valence-electron chi connectivity index (χ4n) is 2.11. The predicted octanol–water partition coefficient (Wildman–Crippen LogP) is 3.99. The van der Waals surface area contributed by atoms with Gasteiger partial charge in [0, 0.05) is 21.7 Å². The number of halogens is 2. The van der Waals surface area contributed by atoms with E-state index in [1.54, 1.807) is 12.1 Å². The third-order valence-electron chi connectivity index (χ3n) is 3.28. The molecule has 124 valence electrons. The summed E-state index contributed by atoms with van der Waals surface area (Å²) in [5.74, 6) is -0.415. The van der Waals surface area contributed by atoms with Crippen molar-refractivity contribution in [2.75, 3.05) is 6.79 Å². The van der Waals surface area contributed by atoms with Gasteiger partial charge < -0.3 is 14.2 Å². The summed E-state index contributed by atoms with van der Waals surface area (Å²) in [4.78, 5) is 22.7. The summed E-state index contributed by atoms with van der Waals surface area (Å²) < 4.78 is 15.3. The first-order valence-corrected chi connectivity index (χ1v) is 7.40. The number of nitrogens with zero attached hydrogens (tertiary/aromatic N) is 1. The molecule has 0 aliphatic carbocycles. The van der Waals surface area contributed by atoms with Crippen molar-refractivity contribution in [2.24, 2.45) is 0 Å². The molecule has 9 heteroatoms. The van der Waals surface area contributed by atoms with Crippen LogP contribution in [0.5, 0.6) is 11.5 Å². The van der Waals surface area contributed by atoms with Crippen LogP contribution in [0.1, 0.15) is 15.9 Å². The molecule has 0 bridgehead atoms. The lowest BCUT2D eigenvalue weighted by atomic mass is 10.1. The minimum absolute atomic E-state index is 0.0641. The summed E-state index contributed by atoms with van der Waals surface area (Å²) >= 11 is 11.8. The number of benzene rings is 2. The van der Waals surface area contributed by atoms with E-state index in [1.807, 2.05) is 0 Å². The van der Waals surface area contributed by atoms with Crippen molar-refractivity contribution in [1.29, 1.82) is 0 Å². The molecule has 0 N–H and O–H groups in total. The van der Waals surface area contributed by atoms with E-state index in [-0.39, 0.29) is 30.5 Å². The van der Waals surface area contributed by atoms with E-state index < -0.39 is 16.6 Å². The van der Waals surface area contributed by atoms with E-state index in [0.29, 0.717) is 15.6 Å². The van der Waals surface area contributed by atoms with Crippen LogP contribution in [-0.2, 0) is 11.3 Å². The van der Waals surface area contributed by atoms with E-state index in [9.17, 15) is 14.9 Å². The molecule has 24 heavy (non-hydrogen) atoms. The Kier molecular flexibility index (Phi) is 4.46. The third-order valence-corrected chi connectivity index (χ3v) is 3.87. The average molecular weight is 370 g/mol. The Morgan fingerprint density at radius 3 is 2.58 bits per heavy atom. The summed E-state index contributed by atoms with van der Waals surface area (Å²) in [6.45, 7) is -0.216. The molecule has 1 aliphatic heterocycles. The normalized spacial score (nSPS) is 12.1. The maximum absolute atomic E-state index is 12.2. The second-order valence-electron chi connectivity index (χ2n) is 4.79. The van der Waals surface area contributed by atoms with E-state index in [2.05, 4.69) is 0 Å². The monoisotopic (exact) mass is 369 g/mol. The fourth-order valence-corrected chi connectivity index (χ4v) is 2.57. The van der Waals surface area contributed by atoms with Crippen LogP contribution in [0.2, 0.25) is 10.0 Å². The summed E-state index contributed by atoms with van der Waals surface area (Å²) in [5, 5.41) is 11.9. The first-order valence-electron chi connectivity index (χ1n) is 6.65. The Labute approximate surface area is 145 Å². The molecular formula is C15H9Cl2NO6. The lowest BCUT2D eigenvalue weighted by Crippen LogP contribution is -2.08. The minimum atomic E-state index is -0.869. The van der Waals surface area contributed by atoms with Gasteiger partial charge in [0.1, 0.15) is 12.2 Å². The molecule has 2 aromatic carbocycles. The van der Waals surface area contributed by atoms with Crippen molar-refractivity contribution in [3.05, 3.63) is 61.6 Å². The Balaban J connectivity index is 1.83. The molecule has 3 rings (SSSR count). The van der Waals surface area contributed by atoms with Crippen LogP contribution < -0.4 is 9.47 Å². The quantitative estimate of drug-likeness (QED) is 0.460. The third kappa shape index (κ3) is 3.22. The maximum atomic E-state index is 12.2. The van der Waals surface area contributed by atoms with Crippen LogP contribution >= 0.6 is 23.2 Å². The minimum Gasteiger partial charge on any atom is -0.457 e. The van der Waals surface area contributed by atoms with E-state index in [0.717, 1.165) is 6.07 Å². The first-order chi connectivity index (χ1) is 11.5. The topological polar surface area (TPSA) is 87.9 Å². The van der Waals surface area contributed by atoms with E-state index in [1.165, 1.54) is 12.1 Å². The van der Waals surface area contributed by atoms with Crippen molar-refractivity contribution in [2.45, 2.75) is 6.61 Å². The maximum Gasteiger partial charge on any atom is 0.345 e. The van der Waals surface area contributed by atoms with Gasteiger partial charge in [-0.1, -0.05) is 29.3 Å². The number of nitro benzene ring substituents is 1.